The average molecular weight is 356 g/mol. The quantitative estimate of drug-likeness (QED) is 0.564. The van der Waals surface area contributed by atoms with Gasteiger partial charge in [-0.1, -0.05) is 32.4 Å². The molecule has 0 saturated carbocycles. The van der Waals surface area contributed by atoms with Gasteiger partial charge in [0, 0.05) is 11.3 Å². The van der Waals surface area contributed by atoms with Crippen LogP contribution in [0.25, 0.3) is 0 Å². The van der Waals surface area contributed by atoms with E-state index in [4.69, 9.17) is 17.0 Å². The predicted octanol–water partition coefficient (Wildman–Crippen LogP) is 4.55. The largest absolute Gasteiger partial charge is 0.494 e. The van der Waals surface area contributed by atoms with Crippen molar-refractivity contribution in [1.82, 2.24) is 5.32 Å². The van der Waals surface area contributed by atoms with Gasteiger partial charge in [0.25, 0.3) is 5.91 Å². The molecule has 5 heteroatoms. The number of ether oxygens (including phenoxy) is 1. The molecule has 0 heterocycles. The highest BCUT2D eigenvalue weighted by molar-refractivity contribution is 7.80. The van der Waals surface area contributed by atoms with Gasteiger partial charge in [-0.3, -0.25) is 10.1 Å². The van der Waals surface area contributed by atoms with Crippen LogP contribution in [0, 0.1) is 0 Å². The number of benzene rings is 2. The fourth-order valence-corrected chi connectivity index (χ4v) is 2.41. The second-order valence-electron chi connectivity index (χ2n) is 5.69. The van der Waals surface area contributed by atoms with E-state index in [0.717, 1.165) is 30.7 Å². The number of carbonyl (C=O) groups excluding carboxylic acids is 1. The van der Waals surface area contributed by atoms with E-state index in [1.54, 1.807) is 24.3 Å². The minimum atomic E-state index is -0.247. The van der Waals surface area contributed by atoms with Gasteiger partial charge in [-0.25, -0.2) is 0 Å². The summed E-state index contributed by atoms with van der Waals surface area (Å²) in [6.45, 7) is 4.91. The van der Waals surface area contributed by atoms with Crippen LogP contribution in [-0.2, 0) is 6.42 Å². The van der Waals surface area contributed by atoms with Crippen LogP contribution in [0.3, 0.4) is 0 Å². The first-order valence-corrected chi connectivity index (χ1v) is 8.97. The molecule has 0 spiro atoms. The van der Waals surface area contributed by atoms with E-state index >= 15 is 0 Å². The molecule has 0 unspecified atom stereocenters. The maximum Gasteiger partial charge on any atom is 0.257 e. The lowest BCUT2D eigenvalue weighted by Crippen LogP contribution is -2.34. The van der Waals surface area contributed by atoms with E-state index in [0.29, 0.717) is 12.2 Å². The van der Waals surface area contributed by atoms with Crippen LogP contribution >= 0.6 is 12.2 Å². The Labute approximate surface area is 154 Å². The fourth-order valence-electron chi connectivity index (χ4n) is 2.20. The van der Waals surface area contributed by atoms with Gasteiger partial charge in [-0.15, -0.1) is 0 Å². The first kappa shape index (κ1) is 18.9. The molecule has 2 rings (SSSR count). The minimum Gasteiger partial charge on any atom is -0.494 e. The number of anilines is 1. The minimum absolute atomic E-state index is 0.247. The van der Waals surface area contributed by atoms with Gasteiger partial charge >= 0.3 is 0 Å². The lowest BCUT2D eigenvalue weighted by atomic mass is 10.1. The van der Waals surface area contributed by atoms with Gasteiger partial charge in [-0.05, 0) is 67.0 Å². The third-order valence-corrected chi connectivity index (χ3v) is 3.93. The molecule has 2 N–H and O–H groups in total. The molecule has 0 aliphatic rings. The Morgan fingerprint density at radius 3 is 2.32 bits per heavy atom. The number of rotatable bonds is 7. The third-order valence-electron chi connectivity index (χ3n) is 3.73. The van der Waals surface area contributed by atoms with E-state index in [9.17, 15) is 4.79 Å². The van der Waals surface area contributed by atoms with Crippen LogP contribution in [0.2, 0.25) is 0 Å². The Bertz CT molecular complexity index is 697. The maximum absolute atomic E-state index is 12.2. The summed E-state index contributed by atoms with van der Waals surface area (Å²) in [5, 5.41) is 5.98. The molecule has 0 fully saturated rings. The van der Waals surface area contributed by atoms with E-state index in [-0.39, 0.29) is 11.0 Å². The van der Waals surface area contributed by atoms with Gasteiger partial charge in [0.05, 0.1) is 6.61 Å². The molecule has 1 amide bonds. The molecule has 0 atom stereocenters. The molecule has 0 bridgehead atoms. The van der Waals surface area contributed by atoms with Gasteiger partial charge < -0.3 is 10.1 Å². The first-order chi connectivity index (χ1) is 12.1. The standard InChI is InChI=1S/C20H24N2O2S/c1-3-5-14-24-18-12-8-16(9-13-18)19(23)22-20(25)21-17-10-6-15(4-2)7-11-17/h6-13H,3-5,14H2,1-2H3,(H2,21,22,23,25). The smallest absolute Gasteiger partial charge is 0.257 e. The molecule has 2 aromatic carbocycles. The molecule has 25 heavy (non-hydrogen) atoms. The maximum atomic E-state index is 12.2. The molecular formula is C20H24N2O2S. The average Bonchev–Trinajstić information content (AvgIpc) is 2.63. The zero-order chi connectivity index (χ0) is 18.1. The number of carbonyl (C=O) groups is 1. The van der Waals surface area contributed by atoms with E-state index in [1.807, 2.05) is 24.3 Å². The third kappa shape index (κ3) is 6.19. The summed E-state index contributed by atoms with van der Waals surface area (Å²) in [6, 6.07) is 15.0. The van der Waals surface area contributed by atoms with E-state index in [2.05, 4.69) is 24.5 Å². The number of hydrogen-bond donors (Lipinski definition) is 2. The highest BCUT2D eigenvalue weighted by Crippen LogP contribution is 2.13. The fraction of sp³-hybridized carbons (Fsp3) is 0.300. The molecular weight excluding hydrogens is 332 g/mol. The van der Waals surface area contributed by atoms with E-state index in [1.165, 1.54) is 5.56 Å². The molecule has 132 valence electrons. The van der Waals surface area contributed by atoms with Crippen LogP contribution in [0.5, 0.6) is 5.75 Å². The highest BCUT2D eigenvalue weighted by Gasteiger charge is 2.08. The molecule has 2 aromatic rings. The number of hydrogen-bond acceptors (Lipinski definition) is 3. The van der Waals surface area contributed by atoms with Gasteiger partial charge in [0.15, 0.2) is 5.11 Å². The van der Waals surface area contributed by atoms with Crippen molar-refractivity contribution in [3.05, 3.63) is 59.7 Å². The van der Waals surface area contributed by atoms with Crippen molar-refractivity contribution in [3.63, 3.8) is 0 Å². The number of amides is 1. The number of aryl methyl sites for hydroxylation is 1. The Kier molecular flexibility index (Phi) is 7.41. The number of thiocarbonyl (C=S) groups is 1. The topological polar surface area (TPSA) is 50.4 Å². The van der Waals surface area contributed by atoms with Crippen molar-refractivity contribution in [2.24, 2.45) is 0 Å². The Morgan fingerprint density at radius 1 is 1.04 bits per heavy atom. The van der Waals surface area contributed by atoms with Gasteiger partial charge in [0.2, 0.25) is 0 Å². The lowest BCUT2D eigenvalue weighted by Gasteiger charge is -2.10. The van der Waals surface area contributed by atoms with Crippen molar-refractivity contribution in [3.8, 4) is 5.75 Å². The van der Waals surface area contributed by atoms with Crippen LogP contribution in [0.4, 0.5) is 5.69 Å². The highest BCUT2D eigenvalue weighted by atomic mass is 32.1. The zero-order valence-corrected chi connectivity index (χ0v) is 15.5. The number of unbranched alkanes of at least 4 members (excludes halogenated alkanes) is 1. The van der Waals surface area contributed by atoms with Crippen LogP contribution in [0.15, 0.2) is 48.5 Å². The van der Waals surface area contributed by atoms with Crippen molar-refractivity contribution in [1.29, 1.82) is 0 Å². The second-order valence-corrected chi connectivity index (χ2v) is 6.09. The predicted molar refractivity (Wildman–Crippen MR) is 106 cm³/mol. The summed E-state index contributed by atoms with van der Waals surface area (Å²) in [4.78, 5) is 12.2. The van der Waals surface area contributed by atoms with Crippen molar-refractivity contribution < 1.29 is 9.53 Å². The molecule has 4 nitrogen and oxygen atoms in total. The van der Waals surface area contributed by atoms with Crippen LogP contribution < -0.4 is 15.4 Å². The zero-order valence-electron chi connectivity index (χ0n) is 14.7. The summed E-state index contributed by atoms with van der Waals surface area (Å²) >= 11 is 5.20. The SMILES string of the molecule is CCCCOc1ccc(C(=O)NC(=S)Nc2ccc(CC)cc2)cc1. The van der Waals surface area contributed by atoms with E-state index < -0.39 is 0 Å². The Balaban J connectivity index is 1.86. The van der Waals surface area contributed by atoms with Crippen LogP contribution in [-0.4, -0.2) is 17.6 Å². The Hall–Kier alpha value is -2.40. The molecule has 0 saturated heterocycles. The Morgan fingerprint density at radius 2 is 1.72 bits per heavy atom. The van der Waals surface area contributed by atoms with Crippen molar-refractivity contribution in [2.75, 3.05) is 11.9 Å². The lowest BCUT2D eigenvalue weighted by molar-refractivity contribution is 0.0977. The monoisotopic (exact) mass is 356 g/mol. The normalized spacial score (nSPS) is 10.2. The van der Waals surface area contributed by atoms with Crippen LogP contribution in [0.1, 0.15) is 42.6 Å². The molecule has 0 aliphatic heterocycles. The van der Waals surface area contributed by atoms with Crippen molar-refractivity contribution in [2.45, 2.75) is 33.1 Å². The summed E-state index contributed by atoms with van der Waals surface area (Å²) < 4.78 is 5.59. The first-order valence-electron chi connectivity index (χ1n) is 8.56. The number of nitrogens with one attached hydrogen (secondary N) is 2. The molecule has 0 aromatic heterocycles. The summed E-state index contributed by atoms with van der Waals surface area (Å²) in [6.07, 6.45) is 3.09. The summed E-state index contributed by atoms with van der Waals surface area (Å²) in [7, 11) is 0. The summed E-state index contributed by atoms with van der Waals surface area (Å²) in [5.41, 5.74) is 2.64. The molecule has 0 aliphatic carbocycles. The van der Waals surface area contributed by atoms with Gasteiger partial charge in [0.1, 0.15) is 5.75 Å². The van der Waals surface area contributed by atoms with Crippen molar-refractivity contribution >= 4 is 28.9 Å². The summed E-state index contributed by atoms with van der Waals surface area (Å²) in [5.74, 6) is 0.518. The van der Waals surface area contributed by atoms with Gasteiger partial charge in [-0.2, -0.15) is 0 Å². The second kappa shape index (κ2) is 9.79. The molecule has 0 radical (unpaired) electrons.